The molecule has 2 aromatic rings. The number of carbonyl (C=O) groups is 1. The topological polar surface area (TPSA) is 41.1 Å². The first-order valence-corrected chi connectivity index (χ1v) is 8.38. The number of aryl methyl sites for hydroxylation is 1. The van der Waals surface area contributed by atoms with Crippen LogP contribution in [0.25, 0.3) is 0 Å². The van der Waals surface area contributed by atoms with Crippen LogP contribution in [0.5, 0.6) is 0 Å². The van der Waals surface area contributed by atoms with Gasteiger partial charge in [0.05, 0.1) is 0 Å². The Morgan fingerprint density at radius 1 is 0.957 bits per heavy atom. The lowest BCUT2D eigenvalue weighted by molar-refractivity contribution is -0.121. The van der Waals surface area contributed by atoms with Gasteiger partial charge in [0.1, 0.15) is 0 Å². The van der Waals surface area contributed by atoms with E-state index in [0.717, 1.165) is 24.9 Å². The van der Waals surface area contributed by atoms with Crippen LogP contribution in [-0.4, -0.2) is 19.0 Å². The zero-order valence-electron chi connectivity index (χ0n) is 13.2. The Morgan fingerprint density at radius 3 is 2.48 bits per heavy atom. The maximum absolute atomic E-state index is 11.8. The first kappa shape index (κ1) is 17.5. The van der Waals surface area contributed by atoms with Crippen LogP contribution in [-0.2, 0) is 17.8 Å². The predicted molar refractivity (Wildman–Crippen MR) is 95.5 cm³/mol. The van der Waals surface area contributed by atoms with Crippen molar-refractivity contribution in [3.8, 4) is 0 Å². The van der Waals surface area contributed by atoms with Crippen molar-refractivity contribution in [3.05, 3.63) is 70.7 Å². The van der Waals surface area contributed by atoms with Gasteiger partial charge >= 0.3 is 0 Å². The van der Waals surface area contributed by atoms with Gasteiger partial charge in [0.2, 0.25) is 5.91 Å². The summed E-state index contributed by atoms with van der Waals surface area (Å²) in [5.41, 5.74) is 2.30. The molecule has 2 aromatic carbocycles. The van der Waals surface area contributed by atoms with Crippen LogP contribution in [0, 0.1) is 0 Å². The van der Waals surface area contributed by atoms with Crippen LogP contribution in [0.4, 0.5) is 0 Å². The van der Waals surface area contributed by atoms with Crippen LogP contribution in [0.2, 0.25) is 5.02 Å². The molecule has 0 aliphatic carbocycles. The summed E-state index contributed by atoms with van der Waals surface area (Å²) in [7, 11) is 0. The second kappa shape index (κ2) is 10.0. The van der Waals surface area contributed by atoms with Crippen LogP contribution < -0.4 is 10.6 Å². The number of carbonyl (C=O) groups excluding carboxylic acids is 1. The number of halogens is 1. The van der Waals surface area contributed by atoms with E-state index in [9.17, 15) is 4.79 Å². The van der Waals surface area contributed by atoms with E-state index in [4.69, 9.17) is 11.6 Å². The standard InChI is InChI=1S/C19H23ClN2O/c20-18-11-5-4-10-17(18)15-22-19(23)12-14-21-13-6-9-16-7-2-1-3-8-16/h1-5,7-8,10-11,21H,6,9,12-15H2,(H,22,23). The minimum absolute atomic E-state index is 0.0421. The van der Waals surface area contributed by atoms with E-state index in [-0.39, 0.29) is 5.91 Å². The molecule has 0 heterocycles. The summed E-state index contributed by atoms with van der Waals surface area (Å²) in [6.07, 6.45) is 2.62. The van der Waals surface area contributed by atoms with Gasteiger partial charge in [-0.15, -0.1) is 0 Å². The van der Waals surface area contributed by atoms with Crippen LogP contribution in [0.3, 0.4) is 0 Å². The molecule has 0 aliphatic rings. The quantitative estimate of drug-likeness (QED) is 0.690. The average Bonchev–Trinajstić information content (AvgIpc) is 2.58. The molecule has 2 N–H and O–H groups in total. The normalized spacial score (nSPS) is 10.5. The van der Waals surface area contributed by atoms with Crippen molar-refractivity contribution in [1.29, 1.82) is 0 Å². The molecule has 0 saturated heterocycles. The molecule has 122 valence electrons. The Labute approximate surface area is 143 Å². The van der Waals surface area contributed by atoms with Crippen LogP contribution >= 0.6 is 11.6 Å². The van der Waals surface area contributed by atoms with E-state index in [1.165, 1.54) is 5.56 Å². The summed E-state index contributed by atoms with van der Waals surface area (Å²) in [6, 6.07) is 18.0. The lowest BCUT2D eigenvalue weighted by Crippen LogP contribution is -2.27. The molecule has 0 saturated carbocycles. The van der Waals surface area contributed by atoms with E-state index in [2.05, 4.69) is 34.9 Å². The fourth-order valence-corrected chi connectivity index (χ4v) is 2.52. The predicted octanol–water partition coefficient (Wildman–Crippen LogP) is 3.57. The minimum atomic E-state index is 0.0421. The molecule has 0 radical (unpaired) electrons. The molecule has 2 rings (SSSR count). The van der Waals surface area contributed by atoms with Crippen molar-refractivity contribution >= 4 is 17.5 Å². The highest BCUT2D eigenvalue weighted by molar-refractivity contribution is 6.31. The van der Waals surface area contributed by atoms with Gasteiger partial charge in [0.25, 0.3) is 0 Å². The van der Waals surface area contributed by atoms with Gasteiger partial charge in [0.15, 0.2) is 0 Å². The molecular weight excluding hydrogens is 308 g/mol. The smallest absolute Gasteiger partial charge is 0.221 e. The SMILES string of the molecule is O=C(CCNCCCc1ccccc1)NCc1ccccc1Cl. The third kappa shape index (κ3) is 6.85. The number of rotatable bonds is 9. The second-order valence-corrected chi connectivity index (χ2v) is 5.86. The largest absolute Gasteiger partial charge is 0.352 e. The highest BCUT2D eigenvalue weighted by Gasteiger charge is 2.03. The summed E-state index contributed by atoms with van der Waals surface area (Å²) in [6.45, 7) is 2.10. The molecule has 0 spiro atoms. The van der Waals surface area contributed by atoms with E-state index in [1.807, 2.05) is 30.3 Å². The monoisotopic (exact) mass is 330 g/mol. The number of hydrogen-bond donors (Lipinski definition) is 2. The Hall–Kier alpha value is -1.84. The zero-order chi connectivity index (χ0) is 16.3. The Morgan fingerprint density at radius 2 is 1.70 bits per heavy atom. The minimum Gasteiger partial charge on any atom is -0.352 e. The molecule has 0 atom stereocenters. The fraction of sp³-hybridized carbons (Fsp3) is 0.316. The van der Waals surface area contributed by atoms with Gasteiger partial charge in [-0.25, -0.2) is 0 Å². The van der Waals surface area contributed by atoms with E-state index < -0.39 is 0 Å². The molecule has 0 bridgehead atoms. The van der Waals surface area contributed by atoms with Gasteiger partial charge in [-0.05, 0) is 36.6 Å². The molecular formula is C19H23ClN2O. The van der Waals surface area contributed by atoms with Crippen LogP contribution in [0.1, 0.15) is 24.0 Å². The molecule has 1 amide bonds. The zero-order valence-corrected chi connectivity index (χ0v) is 14.0. The lowest BCUT2D eigenvalue weighted by Gasteiger charge is -2.08. The number of nitrogens with one attached hydrogen (secondary N) is 2. The van der Waals surface area contributed by atoms with Crippen molar-refractivity contribution in [2.45, 2.75) is 25.8 Å². The second-order valence-electron chi connectivity index (χ2n) is 5.46. The van der Waals surface area contributed by atoms with Gasteiger partial charge < -0.3 is 10.6 Å². The summed E-state index contributed by atoms with van der Waals surface area (Å²) >= 11 is 6.06. The Balaban J connectivity index is 1.52. The fourth-order valence-electron chi connectivity index (χ4n) is 2.31. The van der Waals surface area contributed by atoms with Gasteiger partial charge in [0, 0.05) is 24.5 Å². The molecule has 4 heteroatoms. The Kier molecular flexibility index (Phi) is 7.64. The van der Waals surface area contributed by atoms with Gasteiger partial charge in [-0.1, -0.05) is 60.1 Å². The maximum atomic E-state index is 11.8. The number of benzene rings is 2. The first-order valence-electron chi connectivity index (χ1n) is 8.00. The van der Waals surface area contributed by atoms with E-state index in [0.29, 0.717) is 24.5 Å². The van der Waals surface area contributed by atoms with Crippen molar-refractivity contribution in [2.75, 3.05) is 13.1 Å². The maximum Gasteiger partial charge on any atom is 0.221 e. The molecule has 0 aromatic heterocycles. The molecule has 0 aliphatic heterocycles. The molecule has 0 fully saturated rings. The van der Waals surface area contributed by atoms with Gasteiger partial charge in [-0.3, -0.25) is 4.79 Å². The van der Waals surface area contributed by atoms with E-state index >= 15 is 0 Å². The summed E-state index contributed by atoms with van der Waals surface area (Å²) in [4.78, 5) is 11.8. The van der Waals surface area contributed by atoms with Crippen molar-refractivity contribution in [3.63, 3.8) is 0 Å². The van der Waals surface area contributed by atoms with Gasteiger partial charge in [-0.2, -0.15) is 0 Å². The number of hydrogen-bond acceptors (Lipinski definition) is 2. The average molecular weight is 331 g/mol. The van der Waals surface area contributed by atoms with Crippen LogP contribution in [0.15, 0.2) is 54.6 Å². The van der Waals surface area contributed by atoms with Crippen molar-refractivity contribution in [2.24, 2.45) is 0 Å². The molecule has 23 heavy (non-hydrogen) atoms. The van der Waals surface area contributed by atoms with E-state index in [1.54, 1.807) is 0 Å². The lowest BCUT2D eigenvalue weighted by atomic mass is 10.1. The first-order chi connectivity index (χ1) is 11.3. The third-order valence-corrected chi connectivity index (χ3v) is 3.99. The van der Waals surface area contributed by atoms with Crippen molar-refractivity contribution in [1.82, 2.24) is 10.6 Å². The summed E-state index contributed by atoms with van der Waals surface area (Å²) in [5.74, 6) is 0.0421. The third-order valence-electron chi connectivity index (χ3n) is 3.62. The molecule has 0 unspecified atom stereocenters. The van der Waals surface area contributed by atoms with Crippen molar-refractivity contribution < 1.29 is 4.79 Å². The summed E-state index contributed by atoms with van der Waals surface area (Å²) in [5, 5.41) is 6.89. The summed E-state index contributed by atoms with van der Waals surface area (Å²) < 4.78 is 0. The number of amides is 1. The highest BCUT2D eigenvalue weighted by Crippen LogP contribution is 2.14. The molecule has 3 nitrogen and oxygen atoms in total. The Bertz CT molecular complexity index is 601. The highest BCUT2D eigenvalue weighted by atomic mass is 35.5.